The maximum atomic E-state index is 6.24. The molecule has 2 bridgehead atoms. The minimum absolute atomic E-state index is 0.548. The van der Waals surface area contributed by atoms with Gasteiger partial charge in [-0.1, -0.05) is 18.0 Å². The molecule has 21 heavy (non-hydrogen) atoms. The SMILES string of the molecule is CN1C2CCCC1CC(NC1CCCc3sc(Cl)cc31)C2. The van der Waals surface area contributed by atoms with E-state index in [1.165, 1.54) is 61.8 Å². The van der Waals surface area contributed by atoms with Crippen molar-refractivity contribution in [2.75, 3.05) is 7.05 Å². The number of halogens is 1. The Hall–Kier alpha value is -0.0900. The van der Waals surface area contributed by atoms with Crippen LogP contribution in [-0.4, -0.2) is 30.1 Å². The van der Waals surface area contributed by atoms with E-state index in [9.17, 15) is 0 Å². The number of aryl methyl sites for hydroxylation is 1. The van der Waals surface area contributed by atoms with Crippen molar-refractivity contribution in [1.29, 1.82) is 0 Å². The Balaban J connectivity index is 1.47. The summed E-state index contributed by atoms with van der Waals surface area (Å²) in [5, 5.41) is 4.00. The minimum Gasteiger partial charge on any atom is -0.307 e. The van der Waals surface area contributed by atoms with Gasteiger partial charge in [0.15, 0.2) is 0 Å². The third-order valence-electron chi connectivity index (χ3n) is 5.86. The second-order valence-corrected chi connectivity index (χ2v) is 8.88. The molecule has 3 aliphatic rings. The Morgan fingerprint density at radius 3 is 2.71 bits per heavy atom. The standard InChI is InChI=1S/C17H25ClN2S/c1-20-12-4-2-5-13(20)9-11(8-12)19-15-6-3-7-16-14(15)10-17(18)21-16/h10-13,15,19H,2-9H2,1H3. The second kappa shape index (κ2) is 5.84. The van der Waals surface area contributed by atoms with Gasteiger partial charge in [0.1, 0.15) is 0 Å². The number of nitrogens with zero attached hydrogens (tertiary/aromatic N) is 1. The molecule has 1 aromatic rings. The van der Waals surface area contributed by atoms with Gasteiger partial charge in [0.25, 0.3) is 0 Å². The molecule has 2 fully saturated rings. The largest absolute Gasteiger partial charge is 0.307 e. The molecule has 4 heteroatoms. The first-order valence-corrected chi connectivity index (χ1v) is 9.66. The number of hydrogen-bond donors (Lipinski definition) is 1. The number of piperidine rings is 2. The fourth-order valence-corrected chi connectivity index (χ4v) is 6.11. The van der Waals surface area contributed by atoms with Crippen LogP contribution in [0.1, 0.15) is 61.4 Å². The van der Waals surface area contributed by atoms with Gasteiger partial charge in [-0.3, -0.25) is 0 Å². The molecule has 1 aromatic heterocycles. The smallest absolute Gasteiger partial charge is 0.0934 e. The highest BCUT2D eigenvalue weighted by Crippen LogP contribution is 2.39. The van der Waals surface area contributed by atoms with Crippen molar-refractivity contribution in [1.82, 2.24) is 10.2 Å². The molecule has 0 radical (unpaired) electrons. The average molecular weight is 325 g/mol. The molecule has 2 saturated heterocycles. The summed E-state index contributed by atoms with van der Waals surface area (Å²) in [6.07, 6.45) is 10.7. The molecular formula is C17H25ClN2S. The molecule has 1 N–H and O–H groups in total. The molecule has 2 aliphatic heterocycles. The molecule has 0 aromatic carbocycles. The first-order chi connectivity index (χ1) is 10.2. The van der Waals surface area contributed by atoms with Crippen LogP contribution >= 0.6 is 22.9 Å². The Bertz CT molecular complexity index is 501. The van der Waals surface area contributed by atoms with Crippen molar-refractivity contribution < 1.29 is 0 Å². The topological polar surface area (TPSA) is 15.3 Å². The van der Waals surface area contributed by atoms with Crippen LogP contribution in [-0.2, 0) is 6.42 Å². The number of thiophene rings is 1. The van der Waals surface area contributed by atoms with Gasteiger partial charge < -0.3 is 10.2 Å². The van der Waals surface area contributed by atoms with Gasteiger partial charge in [-0.15, -0.1) is 11.3 Å². The van der Waals surface area contributed by atoms with Gasteiger partial charge in [-0.05, 0) is 63.6 Å². The molecule has 1 aliphatic carbocycles. The highest BCUT2D eigenvalue weighted by atomic mass is 35.5. The number of fused-ring (bicyclic) bond motifs is 3. The maximum absolute atomic E-state index is 6.24. The molecule has 3 unspecified atom stereocenters. The van der Waals surface area contributed by atoms with E-state index in [0.29, 0.717) is 12.1 Å². The van der Waals surface area contributed by atoms with Crippen LogP contribution < -0.4 is 5.32 Å². The van der Waals surface area contributed by atoms with Crippen molar-refractivity contribution >= 4 is 22.9 Å². The maximum Gasteiger partial charge on any atom is 0.0934 e. The molecule has 3 atom stereocenters. The van der Waals surface area contributed by atoms with Crippen LogP contribution in [0.3, 0.4) is 0 Å². The molecule has 116 valence electrons. The number of nitrogens with one attached hydrogen (secondary N) is 1. The molecule has 0 spiro atoms. The third kappa shape index (κ3) is 2.78. The lowest BCUT2D eigenvalue weighted by molar-refractivity contribution is 0.0452. The van der Waals surface area contributed by atoms with Crippen molar-refractivity contribution in [3.05, 3.63) is 20.8 Å². The van der Waals surface area contributed by atoms with Crippen LogP contribution in [0.4, 0.5) is 0 Å². The predicted molar refractivity (Wildman–Crippen MR) is 90.4 cm³/mol. The Morgan fingerprint density at radius 1 is 1.19 bits per heavy atom. The van der Waals surface area contributed by atoms with Gasteiger partial charge in [-0.2, -0.15) is 0 Å². The lowest BCUT2D eigenvalue weighted by Gasteiger charge is -2.48. The van der Waals surface area contributed by atoms with Gasteiger partial charge in [-0.25, -0.2) is 0 Å². The summed E-state index contributed by atoms with van der Waals surface area (Å²) in [7, 11) is 2.34. The minimum atomic E-state index is 0.548. The van der Waals surface area contributed by atoms with Crippen LogP contribution in [0.2, 0.25) is 4.34 Å². The van der Waals surface area contributed by atoms with Crippen LogP contribution in [0.15, 0.2) is 6.07 Å². The van der Waals surface area contributed by atoms with E-state index in [1.807, 2.05) is 0 Å². The summed E-state index contributed by atoms with van der Waals surface area (Å²) < 4.78 is 0.967. The van der Waals surface area contributed by atoms with Crippen molar-refractivity contribution in [3.8, 4) is 0 Å². The van der Waals surface area contributed by atoms with Gasteiger partial charge >= 0.3 is 0 Å². The van der Waals surface area contributed by atoms with E-state index in [-0.39, 0.29) is 0 Å². The highest BCUT2D eigenvalue weighted by molar-refractivity contribution is 7.16. The van der Waals surface area contributed by atoms with Gasteiger partial charge in [0.2, 0.25) is 0 Å². The Labute approximate surface area is 136 Å². The van der Waals surface area contributed by atoms with Crippen molar-refractivity contribution in [2.24, 2.45) is 0 Å². The molecular weight excluding hydrogens is 300 g/mol. The Kier molecular flexibility index (Phi) is 4.03. The first-order valence-electron chi connectivity index (χ1n) is 8.47. The summed E-state index contributed by atoms with van der Waals surface area (Å²) in [5.41, 5.74) is 1.50. The van der Waals surface area contributed by atoms with Crippen molar-refractivity contribution in [2.45, 2.75) is 75.5 Å². The van der Waals surface area contributed by atoms with E-state index in [4.69, 9.17) is 11.6 Å². The second-order valence-electron chi connectivity index (χ2n) is 7.11. The van der Waals surface area contributed by atoms with Gasteiger partial charge in [0, 0.05) is 29.0 Å². The zero-order chi connectivity index (χ0) is 14.4. The van der Waals surface area contributed by atoms with E-state index >= 15 is 0 Å². The zero-order valence-electron chi connectivity index (χ0n) is 12.8. The fourth-order valence-electron chi connectivity index (χ4n) is 4.73. The summed E-state index contributed by atoms with van der Waals surface area (Å²) in [5.74, 6) is 0. The lowest BCUT2D eigenvalue weighted by Crippen LogP contribution is -2.55. The molecule has 0 saturated carbocycles. The summed E-state index contributed by atoms with van der Waals surface area (Å²) in [4.78, 5) is 4.17. The molecule has 2 nitrogen and oxygen atoms in total. The number of hydrogen-bond acceptors (Lipinski definition) is 3. The molecule has 0 amide bonds. The summed E-state index contributed by atoms with van der Waals surface area (Å²) >= 11 is 8.03. The zero-order valence-corrected chi connectivity index (χ0v) is 14.3. The first kappa shape index (κ1) is 14.5. The monoisotopic (exact) mass is 324 g/mol. The Morgan fingerprint density at radius 2 is 1.95 bits per heavy atom. The normalized spacial score (nSPS) is 36.5. The molecule has 3 heterocycles. The molecule has 4 rings (SSSR count). The van der Waals surface area contributed by atoms with Crippen LogP contribution in [0.25, 0.3) is 0 Å². The number of rotatable bonds is 2. The summed E-state index contributed by atoms with van der Waals surface area (Å²) in [6, 6.07) is 5.08. The van der Waals surface area contributed by atoms with Crippen LogP contribution in [0, 0.1) is 0 Å². The summed E-state index contributed by atoms with van der Waals surface area (Å²) in [6.45, 7) is 0. The van der Waals surface area contributed by atoms with E-state index in [2.05, 4.69) is 23.3 Å². The van der Waals surface area contributed by atoms with E-state index < -0.39 is 0 Å². The fraction of sp³-hybridized carbons (Fsp3) is 0.765. The van der Waals surface area contributed by atoms with Crippen LogP contribution in [0.5, 0.6) is 0 Å². The predicted octanol–water partition coefficient (Wildman–Crippen LogP) is 4.38. The third-order valence-corrected chi connectivity index (χ3v) is 7.20. The average Bonchev–Trinajstić information content (AvgIpc) is 2.81. The highest BCUT2D eigenvalue weighted by Gasteiger charge is 2.37. The van der Waals surface area contributed by atoms with Gasteiger partial charge in [0.05, 0.1) is 4.34 Å². The van der Waals surface area contributed by atoms with Crippen molar-refractivity contribution in [3.63, 3.8) is 0 Å². The van der Waals surface area contributed by atoms with E-state index in [1.54, 1.807) is 11.3 Å². The van der Waals surface area contributed by atoms with E-state index in [0.717, 1.165) is 16.4 Å². The quantitative estimate of drug-likeness (QED) is 0.868. The lowest BCUT2D eigenvalue weighted by atomic mass is 9.81.